The molecule has 0 aromatic rings. The van der Waals surface area contributed by atoms with Crippen molar-refractivity contribution >= 4 is 6.16 Å². The standard InChI is InChI=1S/C8H15O3/c1-6(2)5-10-8(9)11-7(3)4/h6-7H,1,5H2,2-4H3. The molecule has 0 saturated carbocycles. The SMILES string of the molecule is [CH2]C(C)COC(=O)OC(C)C. The first kappa shape index (κ1) is 10.3. The van der Waals surface area contributed by atoms with Crippen molar-refractivity contribution < 1.29 is 14.3 Å². The first-order valence-corrected chi connectivity index (χ1v) is 3.69. The number of hydrogen-bond donors (Lipinski definition) is 0. The average Bonchev–Trinajstić information content (AvgIpc) is 1.82. The summed E-state index contributed by atoms with van der Waals surface area (Å²) in [6.07, 6.45) is -0.738. The molecule has 0 heterocycles. The van der Waals surface area contributed by atoms with Crippen molar-refractivity contribution in [2.24, 2.45) is 5.92 Å². The zero-order valence-electron chi connectivity index (χ0n) is 7.29. The van der Waals surface area contributed by atoms with Gasteiger partial charge in [-0.3, -0.25) is 0 Å². The number of ether oxygens (including phenoxy) is 2. The molecular formula is C8H15O3. The largest absolute Gasteiger partial charge is 0.508 e. The smallest absolute Gasteiger partial charge is 0.434 e. The molecule has 0 aliphatic heterocycles. The summed E-state index contributed by atoms with van der Waals surface area (Å²) in [6, 6.07) is 0. The quantitative estimate of drug-likeness (QED) is 0.591. The van der Waals surface area contributed by atoms with Crippen LogP contribution in [-0.2, 0) is 9.47 Å². The van der Waals surface area contributed by atoms with E-state index in [1.165, 1.54) is 0 Å². The van der Waals surface area contributed by atoms with Crippen LogP contribution in [0.15, 0.2) is 0 Å². The van der Waals surface area contributed by atoms with Gasteiger partial charge in [-0.05, 0) is 26.7 Å². The normalized spacial score (nSPS) is 10.4. The van der Waals surface area contributed by atoms with E-state index in [1.807, 2.05) is 6.92 Å². The molecule has 0 bridgehead atoms. The van der Waals surface area contributed by atoms with Gasteiger partial charge in [-0.15, -0.1) is 0 Å². The van der Waals surface area contributed by atoms with Gasteiger partial charge >= 0.3 is 6.16 Å². The summed E-state index contributed by atoms with van der Waals surface area (Å²) in [5, 5.41) is 0. The maximum atomic E-state index is 10.7. The van der Waals surface area contributed by atoms with Crippen LogP contribution in [0.25, 0.3) is 0 Å². The Morgan fingerprint density at radius 1 is 1.45 bits per heavy atom. The van der Waals surface area contributed by atoms with E-state index in [4.69, 9.17) is 9.47 Å². The fourth-order valence-corrected chi connectivity index (χ4v) is 0.437. The summed E-state index contributed by atoms with van der Waals surface area (Å²) >= 11 is 0. The Bertz CT molecular complexity index is 119. The molecule has 3 nitrogen and oxygen atoms in total. The van der Waals surface area contributed by atoms with Crippen LogP contribution >= 0.6 is 0 Å². The van der Waals surface area contributed by atoms with Gasteiger partial charge in [0.25, 0.3) is 0 Å². The fraction of sp³-hybridized carbons (Fsp3) is 0.750. The number of hydrogen-bond acceptors (Lipinski definition) is 3. The van der Waals surface area contributed by atoms with Gasteiger partial charge in [0.05, 0.1) is 12.7 Å². The first-order valence-electron chi connectivity index (χ1n) is 3.69. The zero-order valence-corrected chi connectivity index (χ0v) is 7.29. The highest BCUT2D eigenvalue weighted by atomic mass is 16.7. The minimum atomic E-state index is -0.615. The van der Waals surface area contributed by atoms with E-state index in [0.717, 1.165) is 0 Å². The van der Waals surface area contributed by atoms with Gasteiger partial charge in [-0.2, -0.15) is 0 Å². The molecule has 11 heavy (non-hydrogen) atoms. The van der Waals surface area contributed by atoms with Crippen molar-refractivity contribution in [2.75, 3.05) is 6.61 Å². The molecule has 0 N–H and O–H groups in total. The van der Waals surface area contributed by atoms with Gasteiger partial charge in [0.2, 0.25) is 0 Å². The van der Waals surface area contributed by atoms with Crippen LogP contribution < -0.4 is 0 Å². The molecule has 0 saturated heterocycles. The molecule has 0 aromatic heterocycles. The number of carbonyl (C=O) groups is 1. The van der Waals surface area contributed by atoms with Gasteiger partial charge in [0.1, 0.15) is 0 Å². The molecule has 0 rings (SSSR count). The molecule has 0 amide bonds. The fourth-order valence-electron chi connectivity index (χ4n) is 0.437. The molecule has 1 unspecified atom stereocenters. The Balaban J connectivity index is 3.38. The molecule has 0 spiro atoms. The Morgan fingerprint density at radius 3 is 2.36 bits per heavy atom. The van der Waals surface area contributed by atoms with Crippen molar-refractivity contribution in [1.29, 1.82) is 0 Å². The maximum absolute atomic E-state index is 10.7. The van der Waals surface area contributed by atoms with Crippen molar-refractivity contribution in [2.45, 2.75) is 26.9 Å². The van der Waals surface area contributed by atoms with E-state index in [9.17, 15) is 4.79 Å². The second kappa shape index (κ2) is 4.99. The lowest BCUT2D eigenvalue weighted by atomic mass is 10.2. The van der Waals surface area contributed by atoms with E-state index in [-0.39, 0.29) is 12.0 Å². The van der Waals surface area contributed by atoms with Gasteiger partial charge in [0.15, 0.2) is 0 Å². The molecule has 1 atom stereocenters. The van der Waals surface area contributed by atoms with Crippen molar-refractivity contribution in [1.82, 2.24) is 0 Å². The minimum Gasteiger partial charge on any atom is -0.434 e. The summed E-state index contributed by atoms with van der Waals surface area (Å²) in [5.41, 5.74) is 0. The second-order valence-electron chi connectivity index (χ2n) is 2.83. The summed E-state index contributed by atoms with van der Waals surface area (Å²) in [6.45, 7) is 9.38. The van der Waals surface area contributed by atoms with Gasteiger partial charge in [0, 0.05) is 0 Å². The Labute approximate surface area is 67.7 Å². The Morgan fingerprint density at radius 2 is 2.00 bits per heavy atom. The molecule has 3 heteroatoms. The average molecular weight is 159 g/mol. The summed E-state index contributed by atoms with van der Waals surface area (Å²) < 4.78 is 9.40. The number of carbonyl (C=O) groups excluding carboxylic acids is 1. The summed E-state index contributed by atoms with van der Waals surface area (Å²) in [7, 11) is 0. The molecule has 1 radical (unpaired) electrons. The minimum absolute atomic E-state index is 0.106. The Kier molecular flexibility index (Phi) is 4.66. The van der Waals surface area contributed by atoms with E-state index in [1.54, 1.807) is 13.8 Å². The lowest BCUT2D eigenvalue weighted by Gasteiger charge is -2.09. The van der Waals surface area contributed by atoms with Gasteiger partial charge in [-0.1, -0.05) is 6.92 Å². The molecule has 0 aromatic carbocycles. The third-order valence-electron chi connectivity index (χ3n) is 0.818. The molecule has 0 aliphatic rings. The second-order valence-corrected chi connectivity index (χ2v) is 2.83. The van der Waals surface area contributed by atoms with Crippen LogP contribution in [0.3, 0.4) is 0 Å². The van der Waals surface area contributed by atoms with E-state index in [0.29, 0.717) is 6.61 Å². The van der Waals surface area contributed by atoms with Crippen LogP contribution in [0.5, 0.6) is 0 Å². The lowest BCUT2D eigenvalue weighted by Crippen LogP contribution is -2.15. The molecular weight excluding hydrogens is 144 g/mol. The van der Waals surface area contributed by atoms with E-state index in [2.05, 4.69) is 6.92 Å². The van der Waals surface area contributed by atoms with Crippen LogP contribution in [0, 0.1) is 12.8 Å². The molecule has 65 valence electrons. The van der Waals surface area contributed by atoms with Crippen LogP contribution in [0.2, 0.25) is 0 Å². The third kappa shape index (κ3) is 7.16. The lowest BCUT2D eigenvalue weighted by molar-refractivity contribution is 0.0298. The predicted molar refractivity (Wildman–Crippen MR) is 42.1 cm³/mol. The van der Waals surface area contributed by atoms with E-state index >= 15 is 0 Å². The van der Waals surface area contributed by atoms with Crippen molar-refractivity contribution in [3.63, 3.8) is 0 Å². The van der Waals surface area contributed by atoms with Gasteiger partial charge < -0.3 is 9.47 Å². The third-order valence-corrected chi connectivity index (χ3v) is 0.818. The van der Waals surface area contributed by atoms with Crippen molar-refractivity contribution in [3.8, 4) is 0 Å². The highest BCUT2D eigenvalue weighted by Crippen LogP contribution is 1.96. The molecule has 0 fully saturated rings. The van der Waals surface area contributed by atoms with E-state index < -0.39 is 6.16 Å². The van der Waals surface area contributed by atoms with Crippen LogP contribution in [0.1, 0.15) is 20.8 Å². The van der Waals surface area contributed by atoms with Crippen LogP contribution in [0.4, 0.5) is 4.79 Å². The summed E-state index contributed by atoms with van der Waals surface area (Å²) in [4.78, 5) is 10.7. The summed E-state index contributed by atoms with van der Waals surface area (Å²) in [5.74, 6) is 0.106. The molecule has 0 aliphatic carbocycles. The topological polar surface area (TPSA) is 35.5 Å². The number of rotatable bonds is 3. The highest BCUT2D eigenvalue weighted by molar-refractivity contribution is 5.59. The Hall–Kier alpha value is -0.730. The zero-order chi connectivity index (χ0) is 8.85. The van der Waals surface area contributed by atoms with Crippen LogP contribution in [-0.4, -0.2) is 18.9 Å². The first-order chi connectivity index (χ1) is 5.02. The monoisotopic (exact) mass is 159 g/mol. The highest BCUT2D eigenvalue weighted by Gasteiger charge is 2.06. The van der Waals surface area contributed by atoms with Crippen molar-refractivity contribution in [3.05, 3.63) is 6.92 Å². The predicted octanol–water partition coefficient (Wildman–Crippen LogP) is 2.02. The van der Waals surface area contributed by atoms with Gasteiger partial charge in [-0.25, -0.2) is 4.79 Å². The maximum Gasteiger partial charge on any atom is 0.508 e.